The number of ether oxygens (including phenoxy) is 1. The molecule has 1 saturated heterocycles. The molecule has 1 aliphatic heterocycles. The molecule has 8 heteroatoms. The maximum atomic E-state index is 12.9. The second kappa shape index (κ2) is 8.88. The maximum Gasteiger partial charge on any atom is 0.322 e. The van der Waals surface area contributed by atoms with E-state index in [4.69, 9.17) is 9.26 Å². The van der Waals surface area contributed by atoms with Crippen LogP contribution in [0, 0.1) is 20.8 Å². The summed E-state index contributed by atoms with van der Waals surface area (Å²) in [6, 6.07) is 7.11. The zero-order valence-electron chi connectivity index (χ0n) is 16.4. The number of benzene rings is 1. The first-order valence-corrected chi connectivity index (χ1v) is 9.39. The first-order valence-electron chi connectivity index (χ1n) is 9.39. The van der Waals surface area contributed by atoms with Crippen LogP contribution in [0.3, 0.4) is 0 Å². The number of hydrogen-bond acceptors (Lipinski definition) is 5. The number of hydrogen-bond donors (Lipinski definition) is 2. The lowest BCUT2D eigenvalue weighted by Gasteiger charge is -2.26. The van der Waals surface area contributed by atoms with Crippen molar-refractivity contribution >= 4 is 23.4 Å². The Labute approximate surface area is 164 Å². The maximum absolute atomic E-state index is 12.9. The molecule has 28 heavy (non-hydrogen) atoms. The highest BCUT2D eigenvalue weighted by Gasteiger charge is 2.25. The Morgan fingerprint density at radius 2 is 1.96 bits per heavy atom. The van der Waals surface area contributed by atoms with Crippen molar-refractivity contribution in [3.05, 3.63) is 41.2 Å². The average Bonchev–Trinajstić information content (AvgIpc) is 3.29. The van der Waals surface area contributed by atoms with Crippen molar-refractivity contribution in [2.45, 2.75) is 39.7 Å². The van der Waals surface area contributed by atoms with Crippen LogP contribution in [-0.2, 0) is 9.53 Å². The second-order valence-corrected chi connectivity index (χ2v) is 7.08. The third-order valence-electron chi connectivity index (χ3n) is 4.68. The molecule has 0 aliphatic carbocycles. The molecule has 2 N–H and O–H groups in total. The smallest absolute Gasteiger partial charge is 0.322 e. The van der Waals surface area contributed by atoms with Gasteiger partial charge in [-0.1, -0.05) is 23.4 Å². The Morgan fingerprint density at radius 3 is 2.57 bits per heavy atom. The van der Waals surface area contributed by atoms with E-state index in [2.05, 4.69) is 15.8 Å². The Hall–Kier alpha value is -2.87. The highest BCUT2D eigenvalue weighted by Crippen LogP contribution is 2.21. The lowest BCUT2D eigenvalue weighted by molar-refractivity contribution is -0.117. The van der Waals surface area contributed by atoms with Gasteiger partial charge in [0.1, 0.15) is 12.3 Å². The van der Waals surface area contributed by atoms with E-state index in [1.54, 1.807) is 13.0 Å². The van der Waals surface area contributed by atoms with Gasteiger partial charge in [-0.05, 0) is 44.7 Å². The van der Waals surface area contributed by atoms with E-state index in [1.807, 2.05) is 32.0 Å². The van der Waals surface area contributed by atoms with Crippen molar-refractivity contribution in [3.63, 3.8) is 0 Å². The molecule has 0 bridgehead atoms. The molecule has 0 spiro atoms. The van der Waals surface area contributed by atoms with Crippen molar-refractivity contribution in [1.82, 2.24) is 10.1 Å². The second-order valence-electron chi connectivity index (χ2n) is 7.08. The molecule has 1 atom stereocenters. The van der Waals surface area contributed by atoms with Gasteiger partial charge in [-0.2, -0.15) is 0 Å². The first-order chi connectivity index (χ1) is 13.4. The minimum Gasteiger partial charge on any atom is -0.376 e. The van der Waals surface area contributed by atoms with Crippen LogP contribution in [0.2, 0.25) is 0 Å². The molecular formula is C20H26N4O4. The Bertz CT molecular complexity index is 822. The fourth-order valence-electron chi connectivity index (χ4n) is 3.23. The number of rotatable bonds is 6. The van der Waals surface area contributed by atoms with Crippen LogP contribution < -0.4 is 10.6 Å². The highest BCUT2D eigenvalue weighted by molar-refractivity contribution is 5.97. The Morgan fingerprint density at radius 1 is 1.21 bits per heavy atom. The molecule has 3 amide bonds. The normalized spacial score (nSPS) is 16.0. The van der Waals surface area contributed by atoms with Crippen LogP contribution in [0.1, 0.15) is 29.7 Å². The number of amides is 3. The summed E-state index contributed by atoms with van der Waals surface area (Å²) in [6.07, 6.45) is 1.77. The Balaban J connectivity index is 1.70. The molecule has 1 aromatic carbocycles. The van der Waals surface area contributed by atoms with Crippen LogP contribution in [0.25, 0.3) is 0 Å². The zero-order chi connectivity index (χ0) is 20.1. The standard InChI is InChI=1S/C20H26N4O4/c1-13-6-4-7-14(2)19(13)22-20(26)24(11-16-8-5-9-27-16)12-18(25)21-17-10-15(3)28-23-17/h4,6-7,10,16H,5,8-9,11-12H2,1-3H3,(H,22,26)(H,21,23,25). The molecule has 3 rings (SSSR count). The molecule has 0 saturated carbocycles. The van der Waals surface area contributed by atoms with Gasteiger partial charge in [-0.25, -0.2) is 4.79 Å². The summed E-state index contributed by atoms with van der Waals surface area (Å²) < 4.78 is 10.6. The predicted octanol–water partition coefficient (Wildman–Crippen LogP) is 3.25. The number of nitrogens with one attached hydrogen (secondary N) is 2. The highest BCUT2D eigenvalue weighted by atomic mass is 16.5. The topological polar surface area (TPSA) is 96.7 Å². The molecule has 2 heterocycles. The molecule has 1 aromatic heterocycles. The molecule has 150 valence electrons. The minimum atomic E-state index is -0.344. The lowest BCUT2D eigenvalue weighted by Crippen LogP contribution is -2.44. The first kappa shape index (κ1) is 19.9. The van der Waals surface area contributed by atoms with Gasteiger partial charge in [-0.15, -0.1) is 0 Å². The van der Waals surface area contributed by atoms with Gasteiger partial charge < -0.3 is 24.8 Å². The summed E-state index contributed by atoms with van der Waals surface area (Å²) in [7, 11) is 0. The van der Waals surface area contributed by atoms with Gasteiger partial charge in [-0.3, -0.25) is 4.79 Å². The monoisotopic (exact) mass is 386 g/mol. The van der Waals surface area contributed by atoms with E-state index in [0.717, 1.165) is 29.7 Å². The fraction of sp³-hybridized carbons (Fsp3) is 0.450. The summed E-state index contributed by atoms with van der Waals surface area (Å²) in [4.78, 5) is 26.9. The third kappa shape index (κ3) is 5.10. The van der Waals surface area contributed by atoms with Crippen molar-refractivity contribution in [1.29, 1.82) is 0 Å². The van der Waals surface area contributed by atoms with E-state index in [9.17, 15) is 9.59 Å². The van der Waals surface area contributed by atoms with Gasteiger partial charge in [0.25, 0.3) is 0 Å². The van der Waals surface area contributed by atoms with Crippen LogP contribution in [0.4, 0.5) is 16.3 Å². The minimum absolute atomic E-state index is 0.0641. The van der Waals surface area contributed by atoms with Gasteiger partial charge >= 0.3 is 6.03 Å². The van der Waals surface area contributed by atoms with Crippen molar-refractivity contribution in [2.24, 2.45) is 0 Å². The SMILES string of the molecule is Cc1cc(NC(=O)CN(CC2CCCO2)C(=O)Nc2c(C)cccc2C)no1. The van der Waals surface area contributed by atoms with Gasteiger partial charge in [0, 0.05) is 24.9 Å². The molecule has 8 nitrogen and oxygen atoms in total. The van der Waals surface area contributed by atoms with Crippen molar-refractivity contribution < 1.29 is 18.8 Å². The number of urea groups is 1. The predicted molar refractivity (Wildman–Crippen MR) is 105 cm³/mol. The number of anilines is 2. The molecule has 0 radical (unpaired) electrons. The zero-order valence-corrected chi connectivity index (χ0v) is 16.4. The number of carbonyl (C=O) groups is 2. The van der Waals surface area contributed by atoms with Crippen LogP contribution in [0.15, 0.2) is 28.8 Å². The van der Waals surface area contributed by atoms with Gasteiger partial charge in [0.05, 0.1) is 6.10 Å². The van der Waals surface area contributed by atoms with E-state index < -0.39 is 0 Å². The molecule has 1 fully saturated rings. The van der Waals surface area contributed by atoms with Gasteiger partial charge in [0.15, 0.2) is 5.82 Å². The largest absolute Gasteiger partial charge is 0.376 e. The van der Waals surface area contributed by atoms with Crippen LogP contribution in [0.5, 0.6) is 0 Å². The van der Waals surface area contributed by atoms with Crippen LogP contribution in [-0.4, -0.2) is 47.8 Å². The summed E-state index contributed by atoms with van der Waals surface area (Å²) in [5.74, 6) is 0.581. The van der Waals surface area contributed by atoms with Crippen molar-refractivity contribution in [2.75, 3.05) is 30.3 Å². The van der Waals surface area contributed by atoms with E-state index in [0.29, 0.717) is 24.7 Å². The summed E-state index contributed by atoms with van der Waals surface area (Å²) >= 11 is 0. The molecule has 2 aromatic rings. The van der Waals surface area contributed by atoms with Crippen LogP contribution >= 0.6 is 0 Å². The molecular weight excluding hydrogens is 360 g/mol. The lowest BCUT2D eigenvalue weighted by atomic mass is 10.1. The van der Waals surface area contributed by atoms with E-state index in [-0.39, 0.29) is 24.6 Å². The average molecular weight is 386 g/mol. The number of carbonyl (C=O) groups excluding carboxylic acids is 2. The van der Waals surface area contributed by atoms with Gasteiger partial charge in [0.2, 0.25) is 5.91 Å². The number of aromatic nitrogens is 1. The molecule has 1 aliphatic rings. The summed E-state index contributed by atoms with van der Waals surface area (Å²) in [5, 5.41) is 9.35. The summed E-state index contributed by atoms with van der Waals surface area (Å²) in [5.41, 5.74) is 2.69. The quantitative estimate of drug-likeness (QED) is 0.794. The number of nitrogens with zero attached hydrogens (tertiary/aromatic N) is 2. The van der Waals surface area contributed by atoms with Crippen molar-refractivity contribution in [3.8, 4) is 0 Å². The fourth-order valence-corrected chi connectivity index (χ4v) is 3.23. The summed E-state index contributed by atoms with van der Waals surface area (Å²) in [6.45, 7) is 6.54. The van der Waals surface area contributed by atoms with E-state index in [1.165, 1.54) is 4.90 Å². The van der Waals surface area contributed by atoms with E-state index >= 15 is 0 Å². The number of para-hydroxylation sites is 1. The number of aryl methyl sites for hydroxylation is 3. The Kier molecular flexibility index (Phi) is 6.30. The molecule has 1 unspecified atom stereocenters. The third-order valence-corrected chi connectivity index (χ3v) is 4.68.